The van der Waals surface area contributed by atoms with Crippen LogP contribution >= 0.6 is 11.8 Å². The van der Waals surface area contributed by atoms with Gasteiger partial charge >= 0.3 is 0 Å². The number of halogens is 1. The lowest BCUT2D eigenvalue weighted by atomic mass is 10.2. The molecule has 1 aromatic carbocycles. The van der Waals surface area contributed by atoms with Gasteiger partial charge in [-0.05, 0) is 25.0 Å². The van der Waals surface area contributed by atoms with Crippen LogP contribution in [0.1, 0.15) is 36.0 Å². The van der Waals surface area contributed by atoms with Crippen molar-refractivity contribution in [3.05, 3.63) is 35.6 Å². The highest BCUT2D eigenvalue weighted by Gasteiger charge is 2.15. The van der Waals surface area contributed by atoms with Gasteiger partial charge in [-0.3, -0.25) is 4.79 Å². The molecular formula is C14H18FNOS. The Balaban J connectivity index is 1.70. The van der Waals surface area contributed by atoms with Crippen molar-refractivity contribution >= 4 is 17.7 Å². The van der Waals surface area contributed by atoms with E-state index in [0.29, 0.717) is 6.54 Å². The van der Waals surface area contributed by atoms with E-state index in [1.807, 2.05) is 11.8 Å². The molecule has 0 heterocycles. The summed E-state index contributed by atoms with van der Waals surface area (Å²) in [4.78, 5) is 11.7. The van der Waals surface area contributed by atoms with Gasteiger partial charge in [0.1, 0.15) is 5.82 Å². The predicted molar refractivity (Wildman–Crippen MR) is 73.4 cm³/mol. The summed E-state index contributed by atoms with van der Waals surface area (Å²) in [6.07, 6.45) is 5.26. The van der Waals surface area contributed by atoms with E-state index < -0.39 is 5.82 Å². The van der Waals surface area contributed by atoms with Gasteiger partial charge < -0.3 is 5.32 Å². The summed E-state index contributed by atoms with van der Waals surface area (Å²) in [5, 5.41) is 3.52. The molecule has 18 heavy (non-hydrogen) atoms. The Morgan fingerprint density at radius 2 is 2.06 bits per heavy atom. The molecule has 0 aromatic heterocycles. The maximum absolute atomic E-state index is 13.3. The molecular weight excluding hydrogens is 249 g/mol. The van der Waals surface area contributed by atoms with E-state index in [4.69, 9.17) is 0 Å². The minimum absolute atomic E-state index is 0.128. The lowest BCUT2D eigenvalue weighted by Gasteiger charge is -2.09. The van der Waals surface area contributed by atoms with Gasteiger partial charge in [0.15, 0.2) is 0 Å². The van der Waals surface area contributed by atoms with E-state index in [1.165, 1.54) is 37.8 Å². The average molecular weight is 267 g/mol. The van der Waals surface area contributed by atoms with Crippen LogP contribution in [-0.4, -0.2) is 23.5 Å². The van der Waals surface area contributed by atoms with Crippen molar-refractivity contribution in [3.8, 4) is 0 Å². The molecule has 0 bridgehead atoms. The third-order valence-corrected chi connectivity index (χ3v) is 4.54. The van der Waals surface area contributed by atoms with Gasteiger partial charge in [0.2, 0.25) is 0 Å². The lowest BCUT2D eigenvalue weighted by molar-refractivity contribution is 0.0952. The first kappa shape index (κ1) is 13.4. The highest BCUT2D eigenvalue weighted by atomic mass is 32.2. The van der Waals surface area contributed by atoms with E-state index in [2.05, 4.69) is 5.32 Å². The monoisotopic (exact) mass is 267 g/mol. The van der Waals surface area contributed by atoms with Crippen LogP contribution in [0, 0.1) is 5.82 Å². The maximum atomic E-state index is 13.3. The minimum Gasteiger partial charge on any atom is -0.351 e. The Morgan fingerprint density at radius 3 is 2.78 bits per heavy atom. The summed E-state index contributed by atoms with van der Waals surface area (Å²) in [6.45, 7) is 0.605. The molecule has 2 rings (SSSR count). The smallest absolute Gasteiger partial charge is 0.254 e. The molecule has 0 atom stereocenters. The van der Waals surface area contributed by atoms with Crippen molar-refractivity contribution in [2.75, 3.05) is 12.3 Å². The Kier molecular flexibility index (Phi) is 5.05. The van der Waals surface area contributed by atoms with Crippen LogP contribution in [0.5, 0.6) is 0 Å². The van der Waals surface area contributed by atoms with Crippen LogP contribution in [0.15, 0.2) is 24.3 Å². The second-order valence-electron chi connectivity index (χ2n) is 4.51. The van der Waals surface area contributed by atoms with Gasteiger partial charge in [-0.25, -0.2) is 4.39 Å². The second-order valence-corrected chi connectivity index (χ2v) is 5.92. The number of hydrogen-bond donors (Lipinski definition) is 1. The third kappa shape index (κ3) is 3.73. The van der Waals surface area contributed by atoms with Gasteiger partial charge in [-0.1, -0.05) is 25.0 Å². The van der Waals surface area contributed by atoms with Crippen molar-refractivity contribution in [3.63, 3.8) is 0 Å². The number of carbonyl (C=O) groups is 1. The first-order valence-electron chi connectivity index (χ1n) is 6.41. The largest absolute Gasteiger partial charge is 0.351 e. The van der Waals surface area contributed by atoms with Crippen LogP contribution in [-0.2, 0) is 0 Å². The van der Waals surface area contributed by atoms with Crippen molar-refractivity contribution < 1.29 is 9.18 Å². The Hall–Kier alpha value is -1.03. The average Bonchev–Trinajstić information content (AvgIpc) is 2.88. The van der Waals surface area contributed by atoms with E-state index in [0.717, 1.165) is 11.0 Å². The fraction of sp³-hybridized carbons (Fsp3) is 0.500. The van der Waals surface area contributed by atoms with Gasteiger partial charge in [0, 0.05) is 17.5 Å². The molecule has 1 aliphatic rings. The van der Waals surface area contributed by atoms with Crippen molar-refractivity contribution in [1.29, 1.82) is 0 Å². The molecule has 0 radical (unpaired) electrons. The molecule has 0 aliphatic heterocycles. The van der Waals surface area contributed by atoms with Crippen LogP contribution < -0.4 is 5.32 Å². The number of amides is 1. The van der Waals surface area contributed by atoms with E-state index in [-0.39, 0.29) is 11.5 Å². The van der Waals surface area contributed by atoms with Gasteiger partial charge in [0.25, 0.3) is 5.91 Å². The number of thioether (sulfide) groups is 1. The molecule has 1 amide bonds. The Morgan fingerprint density at radius 1 is 1.33 bits per heavy atom. The first-order chi connectivity index (χ1) is 8.77. The first-order valence-corrected chi connectivity index (χ1v) is 7.46. The molecule has 1 aliphatic carbocycles. The zero-order chi connectivity index (χ0) is 12.8. The molecule has 4 heteroatoms. The van der Waals surface area contributed by atoms with Crippen LogP contribution in [0.3, 0.4) is 0 Å². The zero-order valence-corrected chi connectivity index (χ0v) is 11.1. The summed E-state index contributed by atoms with van der Waals surface area (Å²) in [7, 11) is 0. The van der Waals surface area contributed by atoms with Crippen molar-refractivity contribution in [1.82, 2.24) is 5.32 Å². The number of benzene rings is 1. The predicted octanol–water partition coefficient (Wildman–Crippen LogP) is 3.23. The number of carbonyl (C=O) groups excluding carboxylic acids is 1. The minimum atomic E-state index is -0.460. The number of hydrogen-bond acceptors (Lipinski definition) is 2. The van der Waals surface area contributed by atoms with Crippen LogP contribution in [0.4, 0.5) is 4.39 Å². The maximum Gasteiger partial charge on any atom is 0.254 e. The fourth-order valence-corrected chi connectivity index (χ4v) is 3.41. The Labute approximate surface area is 111 Å². The Bertz CT molecular complexity index is 405. The molecule has 98 valence electrons. The molecule has 0 spiro atoms. The van der Waals surface area contributed by atoms with Crippen LogP contribution in [0.2, 0.25) is 0 Å². The highest BCUT2D eigenvalue weighted by molar-refractivity contribution is 7.99. The second kappa shape index (κ2) is 6.78. The van der Waals surface area contributed by atoms with Gasteiger partial charge in [-0.15, -0.1) is 0 Å². The normalized spacial score (nSPS) is 15.8. The molecule has 2 nitrogen and oxygen atoms in total. The number of rotatable bonds is 5. The molecule has 0 saturated heterocycles. The van der Waals surface area contributed by atoms with Gasteiger partial charge in [0.05, 0.1) is 5.56 Å². The lowest BCUT2D eigenvalue weighted by Crippen LogP contribution is -2.26. The van der Waals surface area contributed by atoms with Gasteiger partial charge in [-0.2, -0.15) is 11.8 Å². The summed E-state index contributed by atoms with van der Waals surface area (Å²) in [5.74, 6) is 0.128. The quantitative estimate of drug-likeness (QED) is 0.830. The number of nitrogens with one attached hydrogen (secondary N) is 1. The van der Waals surface area contributed by atoms with E-state index in [9.17, 15) is 9.18 Å². The summed E-state index contributed by atoms with van der Waals surface area (Å²) in [6, 6.07) is 6.07. The standard InChI is InChI=1S/C14H18FNOS/c15-13-8-4-3-7-12(13)14(17)16-9-10-18-11-5-1-2-6-11/h3-4,7-8,11H,1-2,5-6,9-10H2,(H,16,17). The summed E-state index contributed by atoms with van der Waals surface area (Å²) in [5.41, 5.74) is 0.128. The summed E-state index contributed by atoms with van der Waals surface area (Å²) >= 11 is 1.92. The molecule has 1 fully saturated rings. The summed E-state index contributed by atoms with van der Waals surface area (Å²) < 4.78 is 13.3. The molecule has 0 unspecified atom stereocenters. The van der Waals surface area contributed by atoms with E-state index in [1.54, 1.807) is 12.1 Å². The zero-order valence-electron chi connectivity index (χ0n) is 10.3. The molecule has 1 saturated carbocycles. The fourth-order valence-electron chi connectivity index (χ4n) is 2.19. The van der Waals surface area contributed by atoms with E-state index >= 15 is 0 Å². The third-order valence-electron chi connectivity index (χ3n) is 3.16. The van der Waals surface area contributed by atoms with Crippen molar-refractivity contribution in [2.24, 2.45) is 0 Å². The van der Waals surface area contributed by atoms with Crippen LogP contribution in [0.25, 0.3) is 0 Å². The molecule has 1 aromatic rings. The highest BCUT2D eigenvalue weighted by Crippen LogP contribution is 2.28. The SMILES string of the molecule is O=C(NCCSC1CCCC1)c1ccccc1F. The van der Waals surface area contributed by atoms with Crippen molar-refractivity contribution in [2.45, 2.75) is 30.9 Å². The molecule has 1 N–H and O–H groups in total. The topological polar surface area (TPSA) is 29.1 Å².